The van der Waals surface area contributed by atoms with Crippen LogP contribution in [0.3, 0.4) is 0 Å². The summed E-state index contributed by atoms with van der Waals surface area (Å²) in [5, 5.41) is 9.77. The molecule has 0 spiro atoms. The van der Waals surface area contributed by atoms with Crippen LogP contribution >= 0.6 is 0 Å². The normalized spacial score (nSPS) is 19.1. The van der Waals surface area contributed by atoms with Crippen LogP contribution in [0.4, 0.5) is 0 Å². The maximum Gasteiger partial charge on any atom is 0.258 e. The molecule has 0 radical (unpaired) electrons. The molecule has 1 atom stereocenters. The molecule has 1 N–H and O–H groups in total. The molecule has 1 aromatic heterocycles. The number of fused-ring (bicyclic) bond motifs is 2. The van der Waals surface area contributed by atoms with Gasteiger partial charge in [-0.1, -0.05) is 6.07 Å². The minimum Gasteiger partial charge on any atom is -0.486 e. The SMILES string of the molecule is Cn1cnc2c1C[C@H](CO)N(C(=O)c1cccc3c1OCCO3)C2. The van der Waals surface area contributed by atoms with Crippen molar-refractivity contribution >= 4 is 5.91 Å². The van der Waals surface area contributed by atoms with Gasteiger partial charge >= 0.3 is 0 Å². The van der Waals surface area contributed by atoms with Crippen LogP contribution in [-0.4, -0.2) is 51.3 Å². The molecule has 2 aliphatic rings. The molecule has 0 unspecified atom stereocenters. The van der Waals surface area contributed by atoms with Crippen molar-refractivity contribution in [3.8, 4) is 11.5 Å². The zero-order chi connectivity index (χ0) is 16.7. The van der Waals surface area contributed by atoms with E-state index in [1.54, 1.807) is 29.4 Å². The van der Waals surface area contributed by atoms with Gasteiger partial charge < -0.3 is 24.0 Å². The molecule has 1 aromatic carbocycles. The van der Waals surface area contributed by atoms with Crippen LogP contribution in [-0.2, 0) is 20.0 Å². The number of para-hydroxylation sites is 1. The summed E-state index contributed by atoms with van der Waals surface area (Å²) in [6.07, 6.45) is 2.33. The van der Waals surface area contributed by atoms with E-state index in [1.807, 2.05) is 11.6 Å². The average Bonchev–Trinajstić information content (AvgIpc) is 2.99. The van der Waals surface area contributed by atoms with Crippen LogP contribution in [0.1, 0.15) is 21.7 Å². The number of imidazole rings is 1. The highest BCUT2D eigenvalue weighted by molar-refractivity contribution is 5.98. The van der Waals surface area contributed by atoms with Gasteiger partial charge in [-0.25, -0.2) is 4.98 Å². The number of aliphatic hydroxyl groups excluding tert-OH is 1. The number of benzene rings is 1. The third-order valence-corrected chi connectivity index (χ3v) is 4.60. The highest BCUT2D eigenvalue weighted by Crippen LogP contribution is 2.35. The summed E-state index contributed by atoms with van der Waals surface area (Å²) in [5.74, 6) is 0.896. The van der Waals surface area contributed by atoms with E-state index in [4.69, 9.17) is 9.47 Å². The molecular weight excluding hydrogens is 310 g/mol. The fourth-order valence-corrected chi connectivity index (χ4v) is 3.32. The van der Waals surface area contributed by atoms with Gasteiger partial charge in [0.1, 0.15) is 13.2 Å². The number of amides is 1. The van der Waals surface area contributed by atoms with Crippen molar-refractivity contribution in [1.29, 1.82) is 0 Å². The Labute approximate surface area is 139 Å². The fraction of sp³-hybridized carbons (Fsp3) is 0.412. The molecule has 2 aliphatic heterocycles. The molecule has 3 heterocycles. The van der Waals surface area contributed by atoms with Crippen molar-refractivity contribution in [2.75, 3.05) is 19.8 Å². The Morgan fingerprint density at radius 3 is 3.04 bits per heavy atom. The molecule has 0 fully saturated rings. The van der Waals surface area contributed by atoms with Gasteiger partial charge in [0.2, 0.25) is 0 Å². The third kappa shape index (κ3) is 2.32. The number of carbonyl (C=O) groups is 1. The lowest BCUT2D eigenvalue weighted by molar-refractivity contribution is 0.0527. The van der Waals surface area contributed by atoms with Crippen molar-refractivity contribution in [1.82, 2.24) is 14.5 Å². The highest BCUT2D eigenvalue weighted by atomic mass is 16.6. The first kappa shape index (κ1) is 15.0. The predicted octanol–water partition coefficient (Wildman–Crippen LogP) is 0.751. The van der Waals surface area contributed by atoms with E-state index in [-0.39, 0.29) is 18.6 Å². The van der Waals surface area contributed by atoms with Crippen LogP contribution in [0, 0.1) is 0 Å². The predicted molar refractivity (Wildman–Crippen MR) is 85.1 cm³/mol. The number of aryl methyl sites for hydroxylation is 1. The van der Waals surface area contributed by atoms with Gasteiger partial charge in [-0.15, -0.1) is 0 Å². The van der Waals surface area contributed by atoms with Crippen molar-refractivity contribution in [3.63, 3.8) is 0 Å². The summed E-state index contributed by atoms with van der Waals surface area (Å²) < 4.78 is 13.2. The number of aliphatic hydroxyl groups is 1. The Kier molecular flexibility index (Phi) is 3.65. The summed E-state index contributed by atoms with van der Waals surface area (Å²) in [7, 11) is 1.93. The van der Waals surface area contributed by atoms with Crippen LogP contribution in [0.5, 0.6) is 11.5 Å². The molecule has 0 aliphatic carbocycles. The van der Waals surface area contributed by atoms with E-state index in [0.29, 0.717) is 43.2 Å². The van der Waals surface area contributed by atoms with E-state index >= 15 is 0 Å². The van der Waals surface area contributed by atoms with Crippen LogP contribution in [0.2, 0.25) is 0 Å². The lowest BCUT2D eigenvalue weighted by atomic mass is 10.0. The van der Waals surface area contributed by atoms with E-state index in [2.05, 4.69) is 4.98 Å². The number of aromatic nitrogens is 2. The number of hydrogen-bond acceptors (Lipinski definition) is 5. The number of carbonyl (C=O) groups excluding carboxylic acids is 1. The second kappa shape index (κ2) is 5.83. The van der Waals surface area contributed by atoms with E-state index < -0.39 is 0 Å². The van der Waals surface area contributed by atoms with Crippen molar-refractivity contribution in [2.45, 2.75) is 19.0 Å². The van der Waals surface area contributed by atoms with Gasteiger partial charge in [-0.3, -0.25) is 4.79 Å². The third-order valence-electron chi connectivity index (χ3n) is 4.60. The second-order valence-corrected chi connectivity index (χ2v) is 6.05. The number of rotatable bonds is 2. The largest absolute Gasteiger partial charge is 0.486 e. The fourth-order valence-electron chi connectivity index (χ4n) is 3.32. The number of ether oxygens (including phenoxy) is 2. The number of hydrogen-bond donors (Lipinski definition) is 1. The van der Waals surface area contributed by atoms with Gasteiger partial charge in [-0.05, 0) is 12.1 Å². The van der Waals surface area contributed by atoms with Crippen molar-refractivity contribution < 1.29 is 19.4 Å². The molecule has 7 nitrogen and oxygen atoms in total. The summed E-state index contributed by atoms with van der Waals surface area (Å²) in [4.78, 5) is 19.1. The van der Waals surface area contributed by atoms with Gasteiger partial charge in [0.25, 0.3) is 5.91 Å². The Morgan fingerprint density at radius 2 is 2.21 bits per heavy atom. The number of nitrogens with zero attached hydrogens (tertiary/aromatic N) is 3. The zero-order valence-electron chi connectivity index (χ0n) is 13.4. The molecule has 2 aromatic rings. The van der Waals surface area contributed by atoms with Gasteiger partial charge in [0.15, 0.2) is 11.5 Å². The molecule has 4 rings (SSSR count). The van der Waals surface area contributed by atoms with Crippen molar-refractivity contribution in [3.05, 3.63) is 41.5 Å². The maximum absolute atomic E-state index is 13.1. The quantitative estimate of drug-likeness (QED) is 0.880. The zero-order valence-corrected chi connectivity index (χ0v) is 13.4. The minimum atomic E-state index is -0.277. The first-order chi connectivity index (χ1) is 11.7. The maximum atomic E-state index is 13.1. The molecule has 1 amide bonds. The molecule has 24 heavy (non-hydrogen) atoms. The molecule has 126 valence electrons. The smallest absolute Gasteiger partial charge is 0.258 e. The lowest BCUT2D eigenvalue weighted by Crippen LogP contribution is -2.46. The lowest BCUT2D eigenvalue weighted by Gasteiger charge is -2.35. The Balaban J connectivity index is 1.69. The first-order valence-corrected chi connectivity index (χ1v) is 7.98. The topological polar surface area (TPSA) is 76.8 Å². The van der Waals surface area contributed by atoms with E-state index in [1.165, 1.54) is 0 Å². The summed E-state index contributed by atoms with van der Waals surface area (Å²) in [6.45, 7) is 1.18. The van der Waals surface area contributed by atoms with E-state index in [9.17, 15) is 9.90 Å². The van der Waals surface area contributed by atoms with Crippen LogP contribution < -0.4 is 9.47 Å². The summed E-state index contributed by atoms with van der Waals surface area (Å²) >= 11 is 0. The van der Waals surface area contributed by atoms with Crippen LogP contribution in [0.25, 0.3) is 0 Å². The first-order valence-electron chi connectivity index (χ1n) is 7.98. The Hall–Kier alpha value is -2.54. The van der Waals surface area contributed by atoms with Gasteiger partial charge in [0, 0.05) is 19.2 Å². The average molecular weight is 329 g/mol. The van der Waals surface area contributed by atoms with Crippen molar-refractivity contribution in [2.24, 2.45) is 7.05 Å². The summed E-state index contributed by atoms with van der Waals surface area (Å²) in [6, 6.07) is 5.03. The van der Waals surface area contributed by atoms with Gasteiger partial charge in [-0.2, -0.15) is 0 Å². The summed E-state index contributed by atoms with van der Waals surface area (Å²) in [5.41, 5.74) is 2.40. The molecule has 7 heteroatoms. The highest BCUT2D eigenvalue weighted by Gasteiger charge is 2.34. The molecular formula is C17H19N3O4. The Bertz CT molecular complexity index is 786. The Morgan fingerprint density at radius 1 is 1.38 bits per heavy atom. The minimum absolute atomic E-state index is 0.0945. The standard InChI is InChI=1S/C17H19N3O4/c1-19-10-18-13-8-20(11(9-21)7-14(13)19)17(22)12-3-2-4-15-16(12)24-6-5-23-15/h2-4,10-11,21H,5-9H2,1H3/t11-/m1/s1. The molecule has 0 bridgehead atoms. The van der Waals surface area contributed by atoms with Crippen LogP contribution in [0.15, 0.2) is 24.5 Å². The molecule has 0 saturated heterocycles. The monoisotopic (exact) mass is 329 g/mol. The van der Waals surface area contributed by atoms with Gasteiger partial charge in [0.05, 0.1) is 36.8 Å². The molecule has 0 saturated carbocycles. The second-order valence-electron chi connectivity index (χ2n) is 6.05. The van der Waals surface area contributed by atoms with E-state index in [0.717, 1.165) is 11.4 Å².